The molecular weight excluding hydrogens is 257 g/mol. The molecule has 3 nitrogen and oxygen atoms in total. The number of likely N-dealkylation sites (N-methyl/N-ethyl adjacent to an activating group) is 1. The zero-order chi connectivity index (χ0) is 14.5. The van der Waals surface area contributed by atoms with Crippen LogP contribution in [0, 0.1) is 5.82 Å². The van der Waals surface area contributed by atoms with Crippen LogP contribution in [-0.4, -0.2) is 20.1 Å². The molecule has 104 valence electrons. The van der Waals surface area contributed by atoms with Crippen molar-refractivity contribution < 1.29 is 13.9 Å². The van der Waals surface area contributed by atoms with Crippen LogP contribution >= 0.6 is 0 Å². The Morgan fingerprint density at radius 2 is 1.70 bits per heavy atom. The SMILES string of the molecule is CNC(=O)C(OC)c1ccccc1-c1ccccc1F. The van der Waals surface area contributed by atoms with E-state index in [0.29, 0.717) is 16.7 Å². The Hall–Kier alpha value is -2.20. The fourth-order valence-corrected chi connectivity index (χ4v) is 2.16. The first-order chi connectivity index (χ1) is 9.69. The van der Waals surface area contributed by atoms with Crippen LogP contribution in [0.4, 0.5) is 4.39 Å². The lowest BCUT2D eigenvalue weighted by atomic mass is 9.95. The van der Waals surface area contributed by atoms with E-state index >= 15 is 0 Å². The van der Waals surface area contributed by atoms with Gasteiger partial charge in [0.2, 0.25) is 0 Å². The molecule has 0 fully saturated rings. The average Bonchev–Trinajstić information content (AvgIpc) is 2.49. The lowest BCUT2D eigenvalue weighted by Gasteiger charge is -2.18. The van der Waals surface area contributed by atoms with Crippen molar-refractivity contribution in [2.24, 2.45) is 0 Å². The molecule has 2 rings (SSSR count). The Kier molecular flexibility index (Phi) is 4.48. The van der Waals surface area contributed by atoms with Crippen LogP contribution in [0.2, 0.25) is 0 Å². The molecule has 4 heteroatoms. The van der Waals surface area contributed by atoms with Gasteiger partial charge in [0, 0.05) is 19.7 Å². The zero-order valence-electron chi connectivity index (χ0n) is 11.4. The van der Waals surface area contributed by atoms with Gasteiger partial charge in [-0.15, -0.1) is 0 Å². The molecule has 0 aliphatic heterocycles. The van der Waals surface area contributed by atoms with E-state index in [-0.39, 0.29) is 11.7 Å². The predicted octanol–water partition coefficient (Wildman–Crippen LogP) is 2.93. The van der Waals surface area contributed by atoms with Crippen molar-refractivity contribution in [1.29, 1.82) is 0 Å². The number of hydrogen-bond acceptors (Lipinski definition) is 2. The molecule has 1 N–H and O–H groups in total. The maximum atomic E-state index is 14.0. The molecule has 2 aromatic carbocycles. The summed E-state index contributed by atoms with van der Waals surface area (Å²) in [4.78, 5) is 11.9. The van der Waals surface area contributed by atoms with Crippen LogP contribution in [0.3, 0.4) is 0 Å². The summed E-state index contributed by atoms with van der Waals surface area (Å²) in [5.74, 6) is -0.594. The normalized spacial score (nSPS) is 11.9. The maximum absolute atomic E-state index is 14.0. The number of rotatable bonds is 4. The van der Waals surface area contributed by atoms with Gasteiger partial charge in [-0.2, -0.15) is 0 Å². The van der Waals surface area contributed by atoms with Gasteiger partial charge in [0.15, 0.2) is 6.10 Å². The van der Waals surface area contributed by atoms with E-state index in [0.717, 1.165) is 0 Å². The number of amides is 1. The van der Waals surface area contributed by atoms with Crippen molar-refractivity contribution in [2.75, 3.05) is 14.2 Å². The molecule has 0 saturated carbocycles. The first-order valence-corrected chi connectivity index (χ1v) is 6.27. The van der Waals surface area contributed by atoms with E-state index in [1.165, 1.54) is 13.2 Å². The van der Waals surface area contributed by atoms with E-state index < -0.39 is 6.10 Å². The van der Waals surface area contributed by atoms with E-state index in [2.05, 4.69) is 5.32 Å². The smallest absolute Gasteiger partial charge is 0.253 e. The lowest BCUT2D eigenvalue weighted by Crippen LogP contribution is -2.27. The number of carbonyl (C=O) groups excluding carboxylic acids is 1. The van der Waals surface area contributed by atoms with Gasteiger partial charge in [-0.05, 0) is 17.2 Å². The highest BCUT2D eigenvalue weighted by Crippen LogP contribution is 2.31. The third-order valence-corrected chi connectivity index (χ3v) is 3.13. The minimum Gasteiger partial charge on any atom is -0.367 e. The summed E-state index contributed by atoms with van der Waals surface area (Å²) in [7, 11) is 3.00. The quantitative estimate of drug-likeness (QED) is 0.930. The molecule has 1 amide bonds. The van der Waals surface area contributed by atoms with Gasteiger partial charge in [0.1, 0.15) is 5.82 Å². The Bertz CT molecular complexity index is 613. The second-order valence-corrected chi connectivity index (χ2v) is 4.30. The second kappa shape index (κ2) is 6.30. The average molecular weight is 273 g/mol. The maximum Gasteiger partial charge on any atom is 0.253 e. The van der Waals surface area contributed by atoms with Crippen molar-refractivity contribution in [3.05, 3.63) is 59.9 Å². The van der Waals surface area contributed by atoms with Gasteiger partial charge >= 0.3 is 0 Å². The van der Waals surface area contributed by atoms with Crippen molar-refractivity contribution >= 4 is 5.91 Å². The number of carbonyl (C=O) groups is 1. The van der Waals surface area contributed by atoms with Crippen LogP contribution in [-0.2, 0) is 9.53 Å². The van der Waals surface area contributed by atoms with Gasteiger partial charge in [-0.25, -0.2) is 4.39 Å². The second-order valence-electron chi connectivity index (χ2n) is 4.30. The van der Waals surface area contributed by atoms with Crippen LogP contribution < -0.4 is 5.32 Å². The fourth-order valence-electron chi connectivity index (χ4n) is 2.16. The summed E-state index contributed by atoms with van der Waals surface area (Å²) in [5.41, 5.74) is 1.74. The molecule has 0 radical (unpaired) electrons. The lowest BCUT2D eigenvalue weighted by molar-refractivity contribution is -0.130. The predicted molar refractivity (Wildman–Crippen MR) is 75.7 cm³/mol. The summed E-state index contributed by atoms with van der Waals surface area (Å²) in [6, 6.07) is 13.6. The van der Waals surface area contributed by atoms with Crippen LogP contribution in [0.25, 0.3) is 11.1 Å². The third-order valence-electron chi connectivity index (χ3n) is 3.13. The Labute approximate surface area is 117 Å². The third kappa shape index (κ3) is 2.70. The van der Waals surface area contributed by atoms with Gasteiger partial charge in [-0.1, -0.05) is 42.5 Å². The Morgan fingerprint density at radius 1 is 1.10 bits per heavy atom. The molecule has 0 spiro atoms. The van der Waals surface area contributed by atoms with Crippen molar-refractivity contribution in [3.63, 3.8) is 0 Å². The highest BCUT2D eigenvalue weighted by Gasteiger charge is 2.22. The van der Waals surface area contributed by atoms with Crippen molar-refractivity contribution in [3.8, 4) is 11.1 Å². The summed E-state index contributed by atoms with van der Waals surface area (Å²) in [5, 5.41) is 2.55. The number of hydrogen-bond donors (Lipinski definition) is 1. The molecule has 1 unspecified atom stereocenters. The molecule has 20 heavy (non-hydrogen) atoms. The molecule has 0 saturated heterocycles. The summed E-state index contributed by atoms with van der Waals surface area (Å²) in [6.45, 7) is 0. The molecule has 0 aliphatic rings. The minimum atomic E-state index is -0.768. The molecule has 0 heterocycles. The van der Waals surface area contributed by atoms with Crippen molar-refractivity contribution in [2.45, 2.75) is 6.10 Å². The molecule has 0 bridgehead atoms. The summed E-state index contributed by atoms with van der Waals surface area (Å²) >= 11 is 0. The van der Waals surface area contributed by atoms with Crippen LogP contribution in [0.5, 0.6) is 0 Å². The monoisotopic (exact) mass is 273 g/mol. The first-order valence-electron chi connectivity index (χ1n) is 6.27. The van der Waals surface area contributed by atoms with Gasteiger partial charge in [0.25, 0.3) is 5.91 Å². The molecular formula is C16H16FNO2. The van der Waals surface area contributed by atoms with Crippen LogP contribution in [0.1, 0.15) is 11.7 Å². The van der Waals surface area contributed by atoms with Crippen molar-refractivity contribution in [1.82, 2.24) is 5.32 Å². The van der Waals surface area contributed by atoms with E-state index in [4.69, 9.17) is 4.74 Å². The first kappa shape index (κ1) is 14.2. The Morgan fingerprint density at radius 3 is 2.30 bits per heavy atom. The summed E-state index contributed by atoms with van der Waals surface area (Å²) < 4.78 is 19.2. The van der Waals surface area contributed by atoms with Gasteiger partial charge in [-0.3, -0.25) is 4.79 Å². The largest absolute Gasteiger partial charge is 0.367 e. The van der Waals surface area contributed by atoms with Gasteiger partial charge in [0.05, 0.1) is 0 Å². The highest BCUT2D eigenvalue weighted by molar-refractivity contribution is 5.85. The molecule has 2 aromatic rings. The molecule has 0 aliphatic carbocycles. The standard InChI is InChI=1S/C16H16FNO2/c1-18-16(19)15(20-2)13-9-4-3-7-11(13)12-8-5-6-10-14(12)17/h3-10,15H,1-2H3,(H,18,19). The molecule has 0 aromatic heterocycles. The van der Waals surface area contributed by atoms with Gasteiger partial charge < -0.3 is 10.1 Å². The minimum absolute atomic E-state index is 0.267. The number of halogens is 1. The van der Waals surface area contributed by atoms with E-state index in [1.54, 1.807) is 43.4 Å². The zero-order valence-corrected chi connectivity index (χ0v) is 11.4. The number of nitrogens with one attached hydrogen (secondary N) is 1. The highest BCUT2D eigenvalue weighted by atomic mass is 19.1. The topological polar surface area (TPSA) is 38.3 Å². The number of benzene rings is 2. The van der Waals surface area contributed by atoms with E-state index in [1.807, 2.05) is 6.07 Å². The van der Waals surface area contributed by atoms with E-state index in [9.17, 15) is 9.18 Å². The number of methoxy groups -OCH3 is 1. The molecule has 1 atom stereocenters. The number of ether oxygens (including phenoxy) is 1. The van der Waals surface area contributed by atoms with Crippen LogP contribution in [0.15, 0.2) is 48.5 Å². The summed E-state index contributed by atoms with van der Waals surface area (Å²) in [6.07, 6.45) is -0.768. The fraction of sp³-hybridized carbons (Fsp3) is 0.188. The Balaban J connectivity index is 2.56.